The third-order valence-corrected chi connectivity index (χ3v) is 4.56. The number of rotatable bonds is 7. The van der Waals surface area contributed by atoms with E-state index in [-0.39, 0.29) is 11.9 Å². The van der Waals surface area contributed by atoms with Gasteiger partial charge >= 0.3 is 0 Å². The van der Waals surface area contributed by atoms with Gasteiger partial charge in [0.05, 0.1) is 14.2 Å². The molecule has 1 aliphatic rings. The summed E-state index contributed by atoms with van der Waals surface area (Å²) in [5.41, 5.74) is 0.900. The summed E-state index contributed by atoms with van der Waals surface area (Å²) in [7, 11) is 3.26. The average Bonchev–Trinajstić information content (AvgIpc) is 2.64. The van der Waals surface area contributed by atoms with Crippen molar-refractivity contribution in [3.63, 3.8) is 0 Å². The number of piperazine rings is 1. The minimum atomic E-state index is -0.326. The molecule has 6 nitrogen and oxygen atoms in total. The van der Waals surface area contributed by atoms with E-state index in [9.17, 15) is 4.79 Å². The predicted octanol–water partition coefficient (Wildman–Crippen LogP) is 1.52. The fourth-order valence-electron chi connectivity index (χ4n) is 3.18. The molecule has 1 heterocycles. The van der Waals surface area contributed by atoms with E-state index in [0.717, 1.165) is 37.5 Å². The maximum atomic E-state index is 13.2. The minimum absolute atomic E-state index is 0.130. The van der Waals surface area contributed by atoms with Crippen LogP contribution in [0, 0.1) is 0 Å². The van der Waals surface area contributed by atoms with Gasteiger partial charge in [-0.3, -0.25) is 9.69 Å². The molecule has 0 aromatic heterocycles. The van der Waals surface area contributed by atoms with Gasteiger partial charge in [0.1, 0.15) is 17.5 Å². The summed E-state index contributed by atoms with van der Waals surface area (Å²) in [6, 6.07) is 5.36. The van der Waals surface area contributed by atoms with Gasteiger partial charge in [-0.2, -0.15) is 0 Å². The van der Waals surface area contributed by atoms with Crippen molar-refractivity contribution in [2.24, 2.45) is 0 Å². The fourth-order valence-corrected chi connectivity index (χ4v) is 3.18. The Morgan fingerprint density at radius 2 is 1.88 bits per heavy atom. The van der Waals surface area contributed by atoms with Crippen LogP contribution in [0.1, 0.15) is 25.5 Å². The molecule has 1 aromatic rings. The van der Waals surface area contributed by atoms with Crippen molar-refractivity contribution in [3.05, 3.63) is 23.8 Å². The van der Waals surface area contributed by atoms with Crippen LogP contribution in [0.15, 0.2) is 18.2 Å². The Morgan fingerprint density at radius 3 is 2.42 bits per heavy atom. The first-order chi connectivity index (χ1) is 11.7. The summed E-state index contributed by atoms with van der Waals surface area (Å²) < 4.78 is 10.9. The number of likely N-dealkylation sites (N-methyl/N-ethyl adjacent to an activating group) is 1. The number of hydrogen-bond donors (Lipinski definition) is 1. The number of nitrogens with zero attached hydrogens (tertiary/aromatic N) is 2. The van der Waals surface area contributed by atoms with Crippen molar-refractivity contribution in [3.8, 4) is 11.5 Å². The van der Waals surface area contributed by atoms with Crippen LogP contribution < -0.4 is 14.8 Å². The summed E-state index contributed by atoms with van der Waals surface area (Å²) in [4.78, 5) is 17.3. The number of nitrogens with one attached hydrogen (secondary N) is 1. The molecule has 0 spiro atoms. The normalized spacial score (nSPS) is 16.5. The summed E-state index contributed by atoms with van der Waals surface area (Å²) in [5, 5.41) is 3.35. The van der Waals surface area contributed by atoms with Crippen LogP contribution in [-0.2, 0) is 4.79 Å². The van der Waals surface area contributed by atoms with Crippen molar-refractivity contribution in [2.45, 2.75) is 19.9 Å². The molecule has 1 atom stereocenters. The Balaban J connectivity index is 2.43. The zero-order valence-electron chi connectivity index (χ0n) is 15.2. The third kappa shape index (κ3) is 3.99. The van der Waals surface area contributed by atoms with E-state index < -0.39 is 0 Å². The SMILES string of the molecule is CCN(CC)C(=O)C(c1ccc(OC)cc1OC)N1CCNCC1. The molecule has 1 fully saturated rings. The van der Waals surface area contributed by atoms with Crippen LogP contribution in [0.5, 0.6) is 11.5 Å². The fraction of sp³-hybridized carbons (Fsp3) is 0.611. The Kier molecular flexibility index (Phi) is 6.87. The Labute approximate surface area is 144 Å². The maximum absolute atomic E-state index is 13.2. The Hall–Kier alpha value is -1.79. The molecule has 1 amide bonds. The molecule has 0 radical (unpaired) electrons. The monoisotopic (exact) mass is 335 g/mol. The molecule has 0 aliphatic carbocycles. The average molecular weight is 335 g/mol. The molecular weight excluding hydrogens is 306 g/mol. The predicted molar refractivity (Wildman–Crippen MR) is 94.7 cm³/mol. The van der Waals surface area contributed by atoms with Crippen molar-refractivity contribution in [1.82, 2.24) is 15.1 Å². The third-order valence-electron chi connectivity index (χ3n) is 4.56. The van der Waals surface area contributed by atoms with Gasteiger partial charge in [-0.05, 0) is 26.0 Å². The van der Waals surface area contributed by atoms with Crippen LogP contribution in [-0.4, -0.2) is 69.2 Å². The number of hydrogen-bond acceptors (Lipinski definition) is 5. The molecule has 1 aromatic carbocycles. The molecule has 0 saturated carbocycles. The molecule has 6 heteroatoms. The van der Waals surface area contributed by atoms with Crippen LogP contribution in [0.2, 0.25) is 0 Å². The molecule has 24 heavy (non-hydrogen) atoms. The molecule has 0 bridgehead atoms. The molecule has 1 saturated heterocycles. The lowest BCUT2D eigenvalue weighted by molar-refractivity contribution is -0.137. The van der Waals surface area contributed by atoms with E-state index in [0.29, 0.717) is 18.8 Å². The van der Waals surface area contributed by atoms with Crippen molar-refractivity contribution >= 4 is 5.91 Å². The van der Waals surface area contributed by atoms with E-state index in [1.54, 1.807) is 14.2 Å². The van der Waals surface area contributed by atoms with Crippen LogP contribution in [0.4, 0.5) is 0 Å². The highest BCUT2D eigenvalue weighted by Crippen LogP contribution is 2.34. The highest BCUT2D eigenvalue weighted by molar-refractivity contribution is 5.84. The topological polar surface area (TPSA) is 54.0 Å². The Bertz CT molecular complexity index is 540. The zero-order valence-corrected chi connectivity index (χ0v) is 15.2. The molecule has 1 N–H and O–H groups in total. The number of carbonyl (C=O) groups is 1. The summed E-state index contributed by atoms with van der Waals surface area (Å²) >= 11 is 0. The van der Waals surface area contributed by atoms with Crippen molar-refractivity contribution in [1.29, 1.82) is 0 Å². The van der Waals surface area contributed by atoms with Gasteiger partial charge in [0.25, 0.3) is 0 Å². The lowest BCUT2D eigenvalue weighted by atomic mass is 10.0. The van der Waals surface area contributed by atoms with Crippen molar-refractivity contribution < 1.29 is 14.3 Å². The molecule has 134 valence electrons. The molecule has 1 aliphatic heterocycles. The van der Waals surface area contributed by atoms with E-state index in [1.807, 2.05) is 36.9 Å². The second-order valence-electron chi connectivity index (χ2n) is 5.81. The quantitative estimate of drug-likeness (QED) is 0.819. The summed E-state index contributed by atoms with van der Waals surface area (Å²) in [6.07, 6.45) is 0. The van der Waals surface area contributed by atoms with Crippen molar-refractivity contribution in [2.75, 3.05) is 53.5 Å². The first-order valence-corrected chi connectivity index (χ1v) is 8.61. The highest BCUT2D eigenvalue weighted by Gasteiger charge is 2.33. The van der Waals surface area contributed by atoms with Gasteiger partial charge in [-0.15, -0.1) is 0 Å². The summed E-state index contributed by atoms with van der Waals surface area (Å²) in [6.45, 7) is 8.90. The summed E-state index contributed by atoms with van der Waals surface area (Å²) in [5.74, 6) is 1.55. The Morgan fingerprint density at radius 1 is 1.21 bits per heavy atom. The molecule has 2 rings (SSSR count). The number of carbonyl (C=O) groups excluding carboxylic acids is 1. The van der Waals surface area contributed by atoms with E-state index in [2.05, 4.69) is 10.2 Å². The molecule has 1 unspecified atom stereocenters. The highest BCUT2D eigenvalue weighted by atomic mass is 16.5. The maximum Gasteiger partial charge on any atom is 0.244 e. The van der Waals surface area contributed by atoms with Gasteiger partial charge in [0, 0.05) is 50.9 Å². The first-order valence-electron chi connectivity index (χ1n) is 8.61. The number of benzene rings is 1. The van der Waals surface area contributed by atoms with Crippen LogP contribution in [0.3, 0.4) is 0 Å². The van der Waals surface area contributed by atoms with Gasteiger partial charge in [-0.1, -0.05) is 0 Å². The smallest absolute Gasteiger partial charge is 0.244 e. The van der Waals surface area contributed by atoms with Gasteiger partial charge in [-0.25, -0.2) is 0 Å². The zero-order chi connectivity index (χ0) is 17.5. The lowest BCUT2D eigenvalue weighted by Gasteiger charge is -2.37. The minimum Gasteiger partial charge on any atom is -0.497 e. The molecular formula is C18H29N3O3. The van der Waals surface area contributed by atoms with Gasteiger partial charge in [0.2, 0.25) is 5.91 Å². The lowest BCUT2D eigenvalue weighted by Crippen LogP contribution is -2.50. The van der Waals surface area contributed by atoms with E-state index >= 15 is 0 Å². The first kappa shape index (κ1) is 18.5. The van der Waals surface area contributed by atoms with Crippen LogP contribution >= 0.6 is 0 Å². The standard InChI is InChI=1S/C18H29N3O3/c1-5-20(6-2)18(22)17(21-11-9-19-10-12-21)15-8-7-14(23-3)13-16(15)24-4/h7-8,13,17,19H,5-6,9-12H2,1-4H3. The van der Waals surface area contributed by atoms with E-state index in [4.69, 9.17) is 9.47 Å². The van der Waals surface area contributed by atoms with E-state index in [1.165, 1.54) is 0 Å². The van der Waals surface area contributed by atoms with Gasteiger partial charge < -0.3 is 19.7 Å². The number of ether oxygens (including phenoxy) is 2. The van der Waals surface area contributed by atoms with Crippen LogP contribution in [0.25, 0.3) is 0 Å². The second-order valence-corrected chi connectivity index (χ2v) is 5.81. The largest absolute Gasteiger partial charge is 0.497 e. The number of methoxy groups -OCH3 is 2. The number of amides is 1. The van der Waals surface area contributed by atoms with Gasteiger partial charge in [0.15, 0.2) is 0 Å². The second kappa shape index (κ2) is 8.89.